The average molecular weight is 354 g/mol. The predicted molar refractivity (Wildman–Crippen MR) is 101 cm³/mol. The van der Waals surface area contributed by atoms with Crippen LogP contribution < -0.4 is 9.47 Å². The molecule has 1 aliphatic rings. The van der Waals surface area contributed by atoms with Crippen molar-refractivity contribution in [1.82, 2.24) is 4.90 Å². The number of carbonyl (C=O) groups excluding carboxylic acids is 1. The van der Waals surface area contributed by atoms with E-state index in [0.717, 1.165) is 11.3 Å². The number of aliphatic imine (C=N–C) groups is 1. The van der Waals surface area contributed by atoms with E-state index >= 15 is 0 Å². The van der Waals surface area contributed by atoms with Crippen LogP contribution in [0.3, 0.4) is 0 Å². The second-order valence-corrected chi connectivity index (χ2v) is 6.32. The molecule has 0 aliphatic carbocycles. The van der Waals surface area contributed by atoms with Gasteiger partial charge < -0.3 is 9.47 Å². The molecule has 0 spiro atoms. The number of amides is 1. The Labute approximate surface area is 151 Å². The monoisotopic (exact) mass is 354 g/mol. The Bertz CT molecular complexity index is 847. The molecule has 1 aliphatic heterocycles. The van der Waals surface area contributed by atoms with Gasteiger partial charge in [0.15, 0.2) is 5.17 Å². The quantitative estimate of drug-likeness (QED) is 0.781. The van der Waals surface area contributed by atoms with Gasteiger partial charge in [-0.25, -0.2) is 4.99 Å². The lowest BCUT2D eigenvalue weighted by atomic mass is 10.1. The predicted octanol–water partition coefficient (Wildman–Crippen LogP) is 3.94. The van der Waals surface area contributed by atoms with Gasteiger partial charge >= 0.3 is 0 Å². The maximum atomic E-state index is 12.5. The lowest BCUT2D eigenvalue weighted by Gasteiger charge is -2.08. The van der Waals surface area contributed by atoms with E-state index in [1.165, 1.54) is 11.8 Å². The third-order valence-corrected chi connectivity index (χ3v) is 4.77. The molecule has 5 nitrogen and oxygen atoms in total. The van der Waals surface area contributed by atoms with Gasteiger partial charge in [-0.1, -0.05) is 18.2 Å². The summed E-state index contributed by atoms with van der Waals surface area (Å²) in [4.78, 5) is 19.2. The summed E-state index contributed by atoms with van der Waals surface area (Å²) < 4.78 is 10.6. The van der Waals surface area contributed by atoms with E-state index < -0.39 is 0 Å². The Hall–Kier alpha value is -2.73. The van der Waals surface area contributed by atoms with Gasteiger partial charge in [0.05, 0.1) is 24.8 Å². The number of amidine groups is 1. The Morgan fingerprint density at radius 2 is 1.84 bits per heavy atom. The van der Waals surface area contributed by atoms with Crippen molar-refractivity contribution in [2.45, 2.75) is 0 Å². The molecule has 0 N–H and O–H groups in total. The van der Waals surface area contributed by atoms with Gasteiger partial charge in [0.2, 0.25) is 0 Å². The minimum Gasteiger partial charge on any atom is -0.497 e. The summed E-state index contributed by atoms with van der Waals surface area (Å²) in [5, 5.41) is 0.643. The number of thioether (sulfide) groups is 1. The molecule has 1 fully saturated rings. The van der Waals surface area contributed by atoms with Crippen LogP contribution in [0.15, 0.2) is 58.4 Å². The van der Waals surface area contributed by atoms with E-state index in [-0.39, 0.29) is 5.91 Å². The number of rotatable bonds is 4. The first-order valence-electron chi connectivity index (χ1n) is 7.65. The number of carbonyl (C=O) groups is 1. The Morgan fingerprint density at radius 1 is 1.08 bits per heavy atom. The molecule has 0 unspecified atom stereocenters. The topological polar surface area (TPSA) is 51.1 Å². The standard InChI is InChI=1S/C19H18N2O3S/c1-21-18(22)17(25-19(21)20-14-7-5-4-6-8-14)12-13-11-15(23-2)9-10-16(13)24-3/h4-12H,1-3H3/b17-12+,20-19?. The van der Waals surface area contributed by atoms with E-state index in [1.54, 1.807) is 32.2 Å². The Balaban J connectivity index is 1.95. The van der Waals surface area contributed by atoms with Crippen molar-refractivity contribution in [2.75, 3.05) is 21.3 Å². The largest absolute Gasteiger partial charge is 0.497 e. The third kappa shape index (κ3) is 3.69. The molecule has 0 saturated carbocycles. The Kier molecular flexibility index (Phi) is 5.09. The highest BCUT2D eigenvalue weighted by molar-refractivity contribution is 8.18. The highest BCUT2D eigenvalue weighted by Gasteiger charge is 2.30. The van der Waals surface area contributed by atoms with Crippen molar-refractivity contribution in [1.29, 1.82) is 0 Å². The SMILES string of the molecule is COc1ccc(OC)c(/C=C2/SC(=Nc3ccccc3)N(C)C2=O)c1. The first-order valence-corrected chi connectivity index (χ1v) is 8.47. The number of methoxy groups -OCH3 is 2. The second kappa shape index (κ2) is 7.44. The summed E-state index contributed by atoms with van der Waals surface area (Å²) in [7, 11) is 4.93. The summed E-state index contributed by atoms with van der Waals surface area (Å²) in [6.45, 7) is 0. The molecular formula is C19H18N2O3S. The molecule has 0 atom stereocenters. The molecule has 0 bridgehead atoms. The number of likely N-dealkylation sites (N-methyl/N-ethyl adjacent to an activating group) is 1. The zero-order valence-corrected chi connectivity index (χ0v) is 15.0. The molecule has 1 amide bonds. The number of nitrogens with zero attached hydrogens (tertiary/aromatic N) is 2. The zero-order chi connectivity index (χ0) is 17.8. The van der Waals surface area contributed by atoms with Crippen molar-refractivity contribution in [3.05, 3.63) is 59.0 Å². The van der Waals surface area contributed by atoms with Crippen molar-refractivity contribution in [3.8, 4) is 11.5 Å². The summed E-state index contributed by atoms with van der Waals surface area (Å²) in [6.07, 6.45) is 1.80. The molecule has 128 valence electrons. The molecule has 25 heavy (non-hydrogen) atoms. The lowest BCUT2D eigenvalue weighted by molar-refractivity contribution is -0.121. The molecular weight excluding hydrogens is 336 g/mol. The van der Waals surface area contributed by atoms with Crippen LogP contribution in [-0.4, -0.2) is 37.2 Å². The lowest BCUT2D eigenvalue weighted by Crippen LogP contribution is -2.23. The van der Waals surface area contributed by atoms with E-state index in [2.05, 4.69) is 4.99 Å². The van der Waals surface area contributed by atoms with Gasteiger partial charge in [-0.15, -0.1) is 0 Å². The van der Waals surface area contributed by atoms with Crippen molar-refractivity contribution >= 4 is 34.6 Å². The van der Waals surface area contributed by atoms with Crippen LogP contribution in [0.25, 0.3) is 6.08 Å². The fourth-order valence-electron chi connectivity index (χ4n) is 2.36. The average Bonchev–Trinajstić information content (AvgIpc) is 2.90. The maximum absolute atomic E-state index is 12.5. The van der Waals surface area contributed by atoms with Crippen LogP contribution in [0, 0.1) is 0 Å². The van der Waals surface area contributed by atoms with Gasteiger partial charge in [0.1, 0.15) is 11.5 Å². The van der Waals surface area contributed by atoms with Gasteiger partial charge in [-0.3, -0.25) is 9.69 Å². The molecule has 1 heterocycles. The van der Waals surface area contributed by atoms with Crippen LogP contribution >= 0.6 is 11.8 Å². The van der Waals surface area contributed by atoms with Gasteiger partial charge in [0.25, 0.3) is 5.91 Å². The van der Waals surface area contributed by atoms with Crippen LogP contribution in [0.1, 0.15) is 5.56 Å². The molecule has 6 heteroatoms. The van der Waals surface area contributed by atoms with E-state index in [1.807, 2.05) is 48.5 Å². The number of para-hydroxylation sites is 1. The van der Waals surface area contributed by atoms with Crippen LogP contribution in [0.4, 0.5) is 5.69 Å². The second-order valence-electron chi connectivity index (χ2n) is 5.31. The molecule has 3 rings (SSSR count). The van der Waals surface area contributed by atoms with Gasteiger partial charge in [0, 0.05) is 12.6 Å². The van der Waals surface area contributed by atoms with Crippen molar-refractivity contribution in [3.63, 3.8) is 0 Å². The van der Waals surface area contributed by atoms with Crippen LogP contribution in [0.5, 0.6) is 11.5 Å². The van der Waals surface area contributed by atoms with Crippen LogP contribution in [-0.2, 0) is 4.79 Å². The highest BCUT2D eigenvalue weighted by Crippen LogP contribution is 2.35. The van der Waals surface area contributed by atoms with Gasteiger partial charge in [-0.2, -0.15) is 0 Å². The number of hydrogen-bond acceptors (Lipinski definition) is 5. The van der Waals surface area contributed by atoms with Crippen molar-refractivity contribution < 1.29 is 14.3 Å². The van der Waals surface area contributed by atoms with Crippen LogP contribution in [0.2, 0.25) is 0 Å². The highest BCUT2D eigenvalue weighted by atomic mass is 32.2. The van der Waals surface area contributed by atoms with E-state index in [9.17, 15) is 4.79 Å². The van der Waals surface area contributed by atoms with Crippen molar-refractivity contribution in [2.24, 2.45) is 4.99 Å². The fourth-order valence-corrected chi connectivity index (χ4v) is 3.34. The third-order valence-electron chi connectivity index (χ3n) is 3.71. The summed E-state index contributed by atoms with van der Waals surface area (Å²) in [6, 6.07) is 15.0. The number of ether oxygens (including phenoxy) is 2. The summed E-state index contributed by atoms with van der Waals surface area (Å²) in [5.41, 5.74) is 1.59. The molecule has 1 saturated heterocycles. The normalized spacial score (nSPS) is 17.4. The minimum atomic E-state index is -0.0930. The summed E-state index contributed by atoms with van der Waals surface area (Å²) >= 11 is 1.34. The zero-order valence-electron chi connectivity index (χ0n) is 14.2. The smallest absolute Gasteiger partial charge is 0.266 e. The Morgan fingerprint density at radius 3 is 2.52 bits per heavy atom. The maximum Gasteiger partial charge on any atom is 0.266 e. The minimum absolute atomic E-state index is 0.0930. The van der Waals surface area contributed by atoms with E-state index in [0.29, 0.717) is 21.6 Å². The van der Waals surface area contributed by atoms with Gasteiger partial charge in [-0.05, 0) is 48.2 Å². The first-order chi connectivity index (χ1) is 12.1. The fraction of sp³-hybridized carbons (Fsp3) is 0.158. The number of hydrogen-bond donors (Lipinski definition) is 0. The van der Waals surface area contributed by atoms with E-state index in [4.69, 9.17) is 9.47 Å². The molecule has 2 aromatic carbocycles. The summed E-state index contributed by atoms with van der Waals surface area (Å²) in [5.74, 6) is 1.29. The molecule has 2 aromatic rings. The molecule has 0 aromatic heterocycles. The molecule has 0 radical (unpaired) electrons. The number of benzene rings is 2. The first kappa shape index (κ1) is 17.1.